The average Bonchev–Trinajstić information content (AvgIpc) is 2.35. The molecule has 92 valence electrons. The summed E-state index contributed by atoms with van der Waals surface area (Å²) in [4.78, 5) is 4.18. The van der Waals surface area contributed by atoms with Gasteiger partial charge in [0.05, 0.1) is 0 Å². The summed E-state index contributed by atoms with van der Waals surface area (Å²) in [6, 6.07) is 0. The highest BCUT2D eigenvalue weighted by Gasteiger charge is 2.03. The van der Waals surface area contributed by atoms with Crippen molar-refractivity contribution in [2.45, 2.75) is 45.4 Å². The molecule has 0 bridgehead atoms. The van der Waals surface area contributed by atoms with Crippen LogP contribution in [0.15, 0.2) is 16.6 Å². The predicted octanol–water partition coefficient (Wildman–Crippen LogP) is 2.45. The van der Waals surface area contributed by atoms with Crippen molar-refractivity contribution >= 4 is 5.96 Å². The lowest BCUT2D eigenvalue weighted by atomic mass is 9.97. The molecule has 0 aromatic heterocycles. The Morgan fingerprint density at radius 2 is 2.12 bits per heavy atom. The Kier molecular flexibility index (Phi) is 6.70. The highest BCUT2D eigenvalue weighted by molar-refractivity contribution is 5.79. The van der Waals surface area contributed by atoms with E-state index in [-0.39, 0.29) is 0 Å². The molecule has 0 saturated carbocycles. The third kappa shape index (κ3) is 5.19. The van der Waals surface area contributed by atoms with Gasteiger partial charge < -0.3 is 10.6 Å². The Bertz CT molecular complexity index is 244. The normalized spacial score (nSPS) is 16.9. The van der Waals surface area contributed by atoms with E-state index in [1.165, 1.54) is 25.7 Å². The summed E-state index contributed by atoms with van der Waals surface area (Å²) in [5, 5.41) is 6.63. The second-order valence-electron chi connectivity index (χ2n) is 4.28. The minimum atomic E-state index is 0.929. The van der Waals surface area contributed by atoms with Gasteiger partial charge in [-0.15, -0.1) is 0 Å². The number of allylic oxidation sites excluding steroid dienone is 1. The zero-order valence-corrected chi connectivity index (χ0v) is 10.7. The van der Waals surface area contributed by atoms with Crippen LogP contribution in [0.1, 0.15) is 45.4 Å². The number of nitrogens with zero attached hydrogens (tertiary/aromatic N) is 1. The van der Waals surface area contributed by atoms with Gasteiger partial charge in [0, 0.05) is 20.1 Å². The lowest BCUT2D eigenvalue weighted by molar-refractivity contribution is 0.665. The highest BCUT2D eigenvalue weighted by Crippen LogP contribution is 2.19. The molecule has 0 aromatic carbocycles. The smallest absolute Gasteiger partial charge is 0.190 e. The number of hydrogen-bond donors (Lipinski definition) is 2. The molecule has 3 nitrogen and oxygen atoms in total. The van der Waals surface area contributed by atoms with Gasteiger partial charge in [0.15, 0.2) is 5.96 Å². The van der Waals surface area contributed by atoms with Crippen LogP contribution in [-0.2, 0) is 0 Å². The summed E-state index contributed by atoms with van der Waals surface area (Å²) in [6.07, 6.45) is 10.0. The van der Waals surface area contributed by atoms with Gasteiger partial charge in [-0.1, -0.05) is 18.6 Å². The zero-order valence-electron chi connectivity index (χ0n) is 10.7. The maximum atomic E-state index is 4.18. The van der Waals surface area contributed by atoms with Crippen LogP contribution in [0, 0.1) is 0 Å². The minimum Gasteiger partial charge on any atom is -0.356 e. The Morgan fingerprint density at radius 3 is 2.75 bits per heavy atom. The summed E-state index contributed by atoms with van der Waals surface area (Å²) in [5.74, 6) is 0.929. The average molecular weight is 223 g/mol. The van der Waals surface area contributed by atoms with Gasteiger partial charge >= 0.3 is 0 Å². The van der Waals surface area contributed by atoms with Crippen molar-refractivity contribution in [1.82, 2.24) is 10.6 Å². The molecule has 0 radical (unpaired) electrons. The van der Waals surface area contributed by atoms with Crippen LogP contribution in [0.2, 0.25) is 0 Å². The molecule has 1 aliphatic carbocycles. The van der Waals surface area contributed by atoms with Gasteiger partial charge in [-0.3, -0.25) is 4.99 Å². The van der Waals surface area contributed by atoms with Crippen molar-refractivity contribution in [2.24, 2.45) is 4.99 Å². The highest BCUT2D eigenvalue weighted by atomic mass is 15.2. The number of nitrogens with one attached hydrogen (secondary N) is 2. The number of rotatable bonds is 5. The molecular weight excluding hydrogens is 198 g/mol. The first-order valence-electron chi connectivity index (χ1n) is 6.49. The second kappa shape index (κ2) is 8.20. The van der Waals surface area contributed by atoms with E-state index in [4.69, 9.17) is 0 Å². The maximum absolute atomic E-state index is 4.18. The topological polar surface area (TPSA) is 36.4 Å². The minimum absolute atomic E-state index is 0.929. The van der Waals surface area contributed by atoms with Gasteiger partial charge in [0.1, 0.15) is 0 Å². The van der Waals surface area contributed by atoms with Crippen LogP contribution in [0.25, 0.3) is 0 Å². The van der Waals surface area contributed by atoms with Gasteiger partial charge in [-0.25, -0.2) is 0 Å². The number of aliphatic imine (C=N–C) groups is 1. The number of guanidine groups is 1. The van der Waals surface area contributed by atoms with Crippen LogP contribution in [0.3, 0.4) is 0 Å². The molecule has 0 atom stereocenters. The Hall–Kier alpha value is -0.990. The predicted molar refractivity (Wildman–Crippen MR) is 70.8 cm³/mol. The van der Waals surface area contributed by atoms with Crippen molar-refractivity contribution in [3.63, 3.8) is 0 Å². The fraction of sp³-hybridized carbons (Fsp3) is 0.769. The molecular formula is C13H25N3. The van der Waals surface area contributed by atoms with Crippen LogP contribution >= 0.6 is 0 Å². The first-order valence-corrected chi connectivity index (χ1v) is 6.49. The Balaban J connectivity index is 2.15. The molecule has 0 heterocycles. The molecule has 1 aliphatic rings. The summed E-state index contributed by atoms with van der Waals surface area (Å²) >= 11 is 0. The molecule has 0 saturated heterocycles. The molecule has 0 unspecified atom stereocenters. The molecule has 0 fully saturated rings. The quantitative estimate of drug-likeness (QED) is 0.427. The molecule has 0 spiro atoms. The van der Waals surface area contributed by atoms with Crippen LogP contribution < -0.4 is 10.6 Å². The molecule has 2 N–H and O–H groups in total. The molecule has 16 heavy (non-hydrogen) atoms. The Morgan fingerprint density at radius 1 is 1.31 bits per heavy atom. The van der Waals surface area contributed by atoms with Gasteiger partial charge in [0.25, 0.3) is 0 Å². The van der Waals surface area contributed by atoms with Gasteiger partial charge in [-0.05, 0) is 38.5 Å². The summed E-state index contributed by atoms with van der Waals surface area (Å²) in [5.41, 5.74) is 1.62. The van der Waals surface area contributed by atoms with Crippen LogP contribution in [0.4, 0.5) is 0 Å². The summed E-state index contributed by atoms with van der Waals surface area (Å²) in [6.45, 7) is 4.14. The van der Waals surface area contributed by atoms with E-state index < -0.39 is 0 Å². The van der Waals surface area contributed by atoms with E-state index in [2.05, 4.69) is 28.6 Å². The van der Waals surface area contributed by atoms with E-state index in [1.807, 2.05) is 7.05 Å². The van der Waals surface area contributed by atoms with E-state index in [0.717, 1.165) is 31.9 Å². The van der Waals surface area contributed by atoms with Crippen molar-refractivity contribution in [1.29, 1.82) is 0 Å². The molecule has 1 rings (SSSR count). The maximum Gasteiger partial charge on any atom is 0.190 e. The number of hydrogen-bond acceptors (Lipinski definition) is 1. The van der Waals surface area contributed by atoms with E-state index in [9.17, 15) is 0 Å². The van der Waals surface area contributed by atoms with E-state index in [1.54, 1.807) is 5.57 Å². The van der Waals surface area contributed by atoms with E-state index >= 15 is 0 Å². The zero-order chi connectivity index (χ0) is 11.6. The van der Waals surface area contributed by atoms with Crippen molar-refractivity contribution < 1.29 is 0 Å². The summed E-state index contributed by atoms with van der Waals surface area (Å²) < 4.78 is 0. The molecule has 0 aromatic rings. The van der Waals surface area contributed by atoms with Crippen molar-refractivity contribution in [3.05, 3.63) is 11.6 Å². The summed E-state index contributed by atoms with van der Waals surface area (Å²) in [7, 11) is 1.82. The van der Waals surface area contributed by atoms with E-state index in [0.29, 0.717) is 0 Å². The molecule has 0 aliphatic heterocycles. The molecule has 0 amide bonds. The third-order valence-electron chi connectivity index (χ3n) is 2.89. The lowest BCUT2D eigenvalue weighted by Crippen LogP contribution is -2.38. The standard InChI is InChI=1S/C13H25N3/c1-3-10-15-13(14-2)16-11-9-12-7-5-4-6-8-12/h7H,3-6,8-11H2,1-2H3,(H2,14,15,16). The van der Waals surface area contributed by atoms with Crippen molar-refractivity contribution in [2.75, 3.05) is 20.1 Å². The fourth-order valence-corrected chi connectivity index (χ4v) is 1.94. The third-order valence-corrected chi connectivity index (χ3v) is 2.89. The fourth-order valence-electron chi connectivity index (χ4n) is 1.94. The van der Waals surface area contributed by atoms with Crippen molar-refractivity contribution in [3.8, 4) is 0 Å². The van der Waals surface area contributed by atoms with Gasteiger partial charge in [0.2, 0.25) is 0 Å². The Labute approximate surface area is 99.4 Å². The molecule has 3 heteroatoms. The monoisotopic (exact) mass is 223 g/mol. The second-order valence-corrected chi connectivity index (χ2v) is 4.28. The van der Waals surface area contributed by atoms with Crippen LogP contribution in [0.5, 0.6) is 0 Å². The largest absolute Gasteiger partial charge is 0.356 e. The van der Waals surface area contributed by atoms with Crippen LogP contribution in [-0.4, -0.2) is 26.1 Å². The lowest BCUT2D eigenvalue weighted by Gasteiger charge is -2.14. The SMILES string of the molecule is CCCNC(=NC)NCCC1=CCCCC1. The van der Waals surface area contributed by atoms with Gasteiger partial charge in [-0.2, -0.15) is 0 Å². The first kappa shape index (κ1) is 13.1. The first-order chi connectivity index (χ1) is 7.86.